The van der Waals surface area contributed by atoms with Gasteiger partial charge in [-0.25, -0.2) is 13.1 Å². The van der Waals surface area contributed by atoms with Gasteiger partial charge in [0.05, 0.1) is 4.90 Å². The Balaban J connectivity index is 3.39. The first-order valence-electron chi connectivity index (χ1n) is 4.85. The average molecular weight is 241 g/mol. The zero-order chi connectivity index (χ0) is 12.5. The SMILES string of the molecule is CC(=O)NS(=O)(=O)c1c(C)cc(C)cc1C. The molecule has 1 aromatic rings. The highest BCUT2D eigenvalue weighted by Crippen LogP contribution is 2.21. The molecule has 0 atom stereocenters. The monoisotopic (exact) mass is 241 g/mol. The Morgan fingerprint density at radius 1 is 1.12 bits per heavy atom. The maximum atomic E-state index is 11.9. The largest absolute Gasteiger partial charge is 0.274 e. The third-order valence-corrected chi connectivity index (χ3v) is 3.89. The van der Waals surface area contributed by atoms with Gasteiger partial charge < -0.3 is 0 Å². The molecule has 0 aliphatic carbocycles. The van der Waals surface area contributed by atoms with Crippen molar-refractivity contribution in [2.45, 2.75) is 32.6 Å². The molecular weight excluding hydrogens is 226 g/mol. The summed E-state index contributed by atoms with van der Waals surface area (Å²) in [4.78, 5) is 11.0. The van der Waals surface area contributed by atoms with Gasteiger partial charge in [0.2, 0.25) is 5.91 Å². The number of hydrogen-bond donors (Lipinski definition) is 1. The second kappa shape index (κ2) is 4.25. The Morgan fingerprint density at radius 3 is 1.94 bits per heavy atom. The van der Waals surface area contributed by atoms with Crippen LogP contribution in [0.5, 0.6) is 0 Å². The molecule has 1 amide bonds. The molecule has 1 rings (SSSR count). The molecule has 0 aromatic heterocycles. The Morgan fingerprint density at radius 2 is 1.56 bits per heavy atom. The van der Waals surface area contributed by atoms with Gasteiger partial charge in [0, 0.05) is 6.92 Å². The van der Waals surface area contributed by atoms with Crippen molar-refractivity contribution in [3.63, 3.8) is 0 Å². The van der Waals surface area contributed by atoms with Crippen LogP contribution >= 0.6 is 0 Å². The third-order valence-electron chi connectivity index (χ3n) is 2.15. The Labute approximate surface area is 95.7 Å². The van der Waals surface area contributed by atoms with Gasteiger partial charge in [-0.15, -0.1) is 0 Å². The third kappa shape index (κ3) is 2.61. The van der Waals surface area contributed by atoms with E-state index < -0.39 is 15.9 Å². The molecule has 4 nitrogen and oxygen atoms in total. The van der Waals surface area contributed by atoms with Crippen LogP contribution in [0.2, 0.25) is 0 Å². The first-order valence-corrected chi connectivity index (χ1v) is 6.33. The van der Waals surface area contributed by atoms with Gasteiger partial charge in [0.15, 0.2) is 0 Å². The molecule has 0 unspecified atom stereocenters. The van der Waals surface area contributed by atoms with E-state index in [4.69, 9.17) is 0 Å². The fourth-order valence-electron chi connectivity index (χ4n) is 1.83. The minimum atomic E-state index is -3.74. The van der Waals surface area contributed by atoms with E-state index in [2.05, 4.69) is 0 Å². The number of hydrogen-bond acceptors (Lipinski definition) is 3. The highest BCUT2D eigenvalue weighted by molar-refractivity contribution is 7.90. The summed E-state index contributed by atoms with van der Waals surface area (Å²) in [5.74, 6) is -0.584. The Bertz CT molecular complexity index is 509. The number of rotatable bonds is 2. The van der Waals surface area contributed by atoms with Crippen molar-refractivity contribution >= 4 is 15.9 Å². The van der Waals surface area contributed by atoms with Crippen molar-refractivity contribution in [1.29, 1.82) is 0 Å². The van der Waals surface area contributed by atoms with Crippen molar-refractivity contribution < 1.29 is 13.2 Å². The van der Waals surface area contributed by atoms with Crippen LogP contribution < -0.4 is 4.72 Å². The molecule has 0 heterocycles. The zero-order valence-corrected chi connectivity index (χ0v) is 10.6. The molecule has 5 heteroatoms. The molecule has 1 aromatic carbocycles. The topological polar surface area (TPSA) is 63.2 Å². The van der Waals surface area contributed by atoms with Crippen molar-refractivity contribution in [3.05, 3.63) is 28.8 Å². The normalized spacial score (nSPS) is 11.2. The molecule has 0 fully saturated rings. The van der Waals surface area contributed by atoms with Crippen LogP contribution in [0.1, 0.15) is 23.6 Å². The number of amides is 1. The van der Waals surface area contributed by atoms with E-state index in [0.29, 0.717) is 11.1 Å². The van der Waals surface area contributed by atoms with E-state index >= 15 is 0 Å². The second-order valence-electron chi connectivity index (χ2n) is 3.89. The lowest BCUT2D eigenvalue weighted by molar-refractivity contribution is -0.117. The maximum Gasteiger partial charge on any atom is 0.264 e. The smallest absolute Gasteiger partial charge is 0.264 e. The number of aryl methyl sites for hydroxylation is 3. The molecule has 88 valence electrons. The molecule has 1 N–H and O–H groups in total. The van der Waals surface area contributed by atoms with Crippen LogP contribution in [-0.4, -0.2) is 14.3 Å². The van der Waals surface area contributed by atoms with Gasteiger partial charge in [-0.3, -0.25) is 4.79 Å². The molecular formula is C11H15NO3S. The zero-order valence-electron chi connectivity index (χ0n) is 9.79. The maximum absolute atomic E-state index is 11.9. The van der Waals surface area contributed by atoms with Gasteiger partial charge in [-0.05, 0) is 31.9 Å². The number of benzene rings is 1. The van der Waals surface area contributed by atoms with Gasteiger partial charge in [0.1, 0.15) is 0 Å². The van der Waals surface area contributed by atoms with Gasteiger partial charge in [0.25, 0.3) is 10.0 Å². The van der Waals surface area contributed by atoms with E-state index in [0.717, 1.165) is 5.56 Å². The highest BCUT2D eigenvalue weighted by Gasteiger charge is 2.20. The summed E-state index contributed by atoms with van der Waals surface area (Å²) < 4.78 is 25.7. The van der Waals surface area contributed by atoms with Gasteiger partial charge in [-0.1, -0.05) is 17.7 Å². The molecule has 0 spiro atoms. The fourth-order valence-corrected chi connectivity index (χ4v) is 3.28. The van der Waals surface area contributed by atoms with E-state index in [1.807, 2.05) is 11.6 Å². The lowest BCUT2D eigenvalue weighted by Crippen LogP contribution is -2.29. The standard InChI is InChI=1S/C11H15NO3S/c1-7-5-8(2)11(9(3)6-7)16(14,15)12-10(4)13/h5-6H,1-4H3,(H,12,13). The predicted molar refractivity (Wildman–Crippen MR) is 61.7 cm³/mol. The molecule has 0 radical (unpaired) electrons. The number of nitrogens with one attached hydrogen (secondary N) is 1. The summed E-state index contributed by atoms with van der Waals surface area (Å²) >= 11 is 0. The lowest BCUT2D eigenvalue weighted by Gasteiger charge is -2.11. The molecule has 0 aliphatic rings. The number of carbonyl (C=O) groups is 1. The Kier molecular flexibility index (Phi) is 3.38. The molecule has 0 bridgehead atoms. The van der Waals surface area contributed by atoms with E-state index in [1.54, 1.807) is 26.0 Å². The summed E-state index contributed by atoms with van der Waals surface area (Å²) in [6, 6.07) is 3.56. The second-order valence-corrected chi connectivity index (χ2v) is 5.51. The van der Waals surface area contributed by atoms with Crippen LogP contribution in [0.3, 0.4) is 0 Å². The Hall–Kier alpha value is -1.36. The highest BCUT2D eigenvalue weighted by atomic mass is 32.2. The van der Waals surface area contributed by atoms with Crippen LogP contribution in [0, 0.1) is 20.8 Å². The van der Waals surface area contributed by atoms with Crippen LogP contribution in [0.4, 0.5) is 0 Å². The minimum absolute atomic E-state index is 0.188. The van der Waals surface area contributed by atoms with Crippen LogP contribution in [-0.2, 0) is 14.8 Å². The van der Waals surface area contributed by atoms with Crippen LogP contribution in [0.25, 0.3) is 0 Å². The molecule has 16 heavy (non-hydrogen) atoms. The molecule has 0 saturated heterocycles. The first-order chi connectivity index (χ1) is 7.24. The van der Waals surface area contributed by atoms with Gasteiger partial charge in [-0.2, -0.15) is 0 Å². The lowest BCUT2D eigenvalue weighted by atomic mass is 10.1. The van der Waals surface area contributed by atoms with E-state index in [1.165, 1.54) is 6.92 Å². The fraction of sp³-hybridized carbons (Fsp3) is 0.364. The quantitative estimate of drug-likeness (QED) is 0.852. The summed E-state index contributed by atoms with van der Waals surface area (Å²) in [5, 5.41) is 0. The van der Waals surface area contributed by atoms with Gasteiger partial charge >= 0.3 is 0 Å². The first kappa shape index (κ1) is 12.7. The minimum Gasteiger partial charge on any atom is -0.274 e. The van der Waals surface area contributed by atoms with Crippen LogP contribution in [0.15, 0.2) is 17.0 Å². The molecule has 0 aliphatic heterocycles. The molecule has 0 saturated carbocycles. The predicted octanol–water partition coefficient (Wildman–Crippen LogP) is 1.44. The van der Waals surface area contributed by atoms with E-state index in [9.17, 15) is 13.2 Å². The summed E-state index contributed by atoms with van der Waals surface area (Å²) in [6.45, 7) is 6.51. The van der Waals surface area contributed by atoms with Crippen molar-refractivity contribution in [2.24, 2.45) is 0 Å². The summed E-state index contributed by atoms with van der Waals surface area (Å²) in [5.41, 5.74) is 2.29. The average Bonchev–Trinajstić information content (AvgIpc) is 1.96. The number of sulfonamides is 1. The van der Waals surface area contributed by atoms with E-state index in [-0.39, 0.29) is 4.90 Å². The number of carbonyl (C=O) groups excluding carboxylic acids is 1. The van der Waals surface area contributed by atoms with Crippen molar-refractivity contribution in [1.82, 2.24) is 4.72 Å². The summed E-state index contributed by atoms with van der Waals surface area (Å²) in [7, 11) is -3.74. The van der Waals surface area contributed by atoms with Crippen molar-refractivity contribution in [2.75, 3.05) is 0 Å². The van der Waals surface area contributed by atoms with Crippen molar-refractivity contribution in [3.8, 4) is 0 Å². The summed E-state index contributed by atoms with van der Waals surface area (Å²) in [6.07, 6.45) is 0.